The molecule has 1 saturated heterocycles. The summed E-state index contributed by atoms with van der Waals surface area (Å²) in [6.45, 7) is 10.5. The Bertz CT molecular complexity index is 945. The standard InChI is InChI=1S/C30H45N3O3/c1-5-7-8-9-12-21-36-28-14-11-10-13-26(28)30(35)32-27-16-15-24(22-23(27)3)29(34)31-25-17-19-33(4,6-2)20-18-25/h10-11,13-16,23,25H,5-9,12,17-22H2,1-4H3,(H-,31,32,34,35)/p+1. The highest BCUT2D eigenvalue weighted by Crippen LogP contribution is 2.26. The van der Waals surface area contributed by atoms with E-state index in [0.29, 0.717) is 24.3 Å². The van der Waals surface area contributed by atoms with Crippen molar-refractivity contribution < 1.29 is 18.8 Å². The van der Waals surface area contributed by atoms with Crippen molar-refractivity contribution in [1.82, 2.24) is 10.6 Å². The third-order valence-corrected chi connectivity index (χ3v) is 7.84. The van der Waals surface area contributed by atoms with E-state index in [1.165, 1.54) is 19.3 Å². The minimum Gasteiger partial charge on any atom is -0.493 e. The molecular formula is C30H46N3O3+. The van der Waals surface area contributed by atoms with Crippen molar-refractivity contribution in [3.63, 3.8) is 0 Å². The molecule has 2 aliphatic rings. The van der Waals surface area contributed by atoms with Crippen LogP contribution in [-0.2, 0) is 4.79 Å². The third kappa shape index (κ3) is 7.95. The fourth-order valence-corrected chi connectivity index (χ4v) is 4.99. The SMILES string of the molecule is CCCCCCCOc1ccccc1C(=O)NC1=CC=C(C(=O)NC2CC[N+](C)(CC)CC2)CC1C. The van der Waals surface area contributed by atoms with Crippen LogP contribution in [0.4, 0.5) is 0 Å². The maximum absolute atomic E-state index is 13.1. The highest BCUT2D eigenvalue weighted by molar-refractivity contribution is 5.98. The van der Waals surface area contributed by atoms with Crippen LogP contribution in [0.5, 0.6) is 5.75 Å². The molecule has 1 atom stereocenters. The quantitative estimate of drug-likeness (QED) is 0.302. The summed E-state index contributed by atoms with van der Waals surface area (Å²) in [6, 6.07) is 7.66. The second kappa shape index (κ2) is 13.6. The van der Waals surface area contributed by atoms with Crippen LogP contribution in [0.3, 0.4) is 0 Å². The summed E-state index contributed by atoms with van der Waals surface area (Å²) in [5.41, 5.74) is 2.16. The molecule has 0 bridgehead atoms. The van der Waals surface area contributed by atoms with Crippen LogP contribution in [-0.4, -0.2) is 55.6 Å². The Morgan fingerprint density at radius 1 is 1.00 bits per heavy atom. The number of allylic oxidation sites excluding steroid dienone is 3. The van der Waals surface area contributed by atoms with E-state index in [0.717, 1.165) is 61.1 Å². The van der Waals surface area contributed by atoms with Gasteiger partial charge in [-0.25, -0.2) is 0 Å². The largest absolute Gasteiger partial charge is 0.493 e. The highest BCUT2D eigenvalue weighted by Gasteiger charge is 2.30. The number of piperidine rings is 1. The van der Waals surface area contributed by atoms with Gasteiger partial charge in [0.05, 0.1) is 38.9 Å². The minimum atomic E-state index is -0.171. The average Bonchev–Trinajstić information content (AvgIpc) is 2.89. The molecule has 1 aromatic carbocycles. The predicted molar refractivity (Wildman–Crippen MR) is 146 cm³/mol. The van der Waals surface area contributed by atoms with E-state index >= 15 is 0 Å². The van der Waals surface area contributed by atoms with Crippen molar-refractivity contribution in [2.24, 2.45) is 5.92 Å². The fourth-order valence-electron chi connectivity index (χ4n) is 4.99. The number of ether oxygens (including phenoxy) is 1. The van der Waals surface area contributed by atoms with E-state index in [1.54, 1.807) is 6.07 Å². The van der Waals surface area contributed by atoms with Gasteiger partial charge in [0.25, 0.3) is 5.91 Å². The molecular weight excluding hydrogens is 450 g/mol. The van der Waals surface area contributed by atoms with E-state index in [1.807, 2.05) is 30.4 Å². The smallest absolute Gasteiger partial charge is 0.259 e. The summed E-state index contributed by atoms with van der Waals surface area (Å²) in [5, 5.41) is 6.31. The molecule has 0 spiro atoms. The van der Waals surface area contributed by atoms with E-state index in [-0.39, 0.29) is 23.8 Å². The molecule has 1 fully saturated rings. The maximum atomic E-state index is 13.1. The molecule has 0 saturated carbocycles. The van der Waals surface area contributed by atoms with E-state index in [4.69, 9.17) is 4.74 Å². The number of para-hydroxylation sites is 1. The Balaban J connectivity index is 1.54. The number of benzene rings is 1. The minimum absolute atomic E-state index is 0.0266. The van der Waals surface area contributed by atoms with Crippen LogP contribution < -0.4 is 15.4 Å². The number of hydrogen-bond donors (Lipinski definition) is 2. The molecule has 6 nitrogen and oxygen atoms in total. The molecule has 1 aromatic rings. The fraction of sp³-hybridized carbons (Fsp3) is 0.600. The van der Waals surface area contributed by atoms with Gasteiger partial charge in [0.1, 0.15) is 5.75 Å². The van der Waals surface area contributed by atoms with Crippen molar-refractivity contribution in [3.8, 4) is 5.75 Å². The second-order valence-corrected chi connectivity index (χ2v) is 10.8. The Hall–Kier alpha value is -2.60. The van der Waals surface area contributed by atoms with E-state index in [9.17, 15) is 9.59 Å². The monoisotopic (exact) mass is 496 g/mol. The Morgan fingerprint density at radius 2 is 1.72 bits per heavy atom. The molecule has 0 radical (unpaired) electrons. The Labute approximate surface area is 217 Å². The predicted octanol–water partition coefficient (Wildman–Crippen LogP) is 5.36. The number of carbonyl (C=O) groups is 2. The number of nitrogens with zero attached hydrogens (tertiary/aromatic N) is 1. The summed E-state index contributed by atoms with van der Waals surface area (Å²) < 4.78 is 7.04. The molecule has 2 N–H and O–H groups in total. The van der Waals surface area contributed by atoms with Crippen LogP contribution in [0.15, 0.2) is 47.7 Å². The molecule has 1 heterocycles. The molecule has 36 heavy (non-hydrogen) atoms. The molecule has 0 aromatic heterocycles. The van der Waals surface area contributed by atoms with Gasteiger partial charge in [0, 0.05) is 36.1 Å². The zero-order chi connectivity index (χ0) is 26.0. The first-order chi connectivity index (χ1) is 17.3. The summed E-state index contributed by atoms with van der Waals surface area (Å²) in [6.07, 6.45) is 12.2. The first kappa shape index (κ1) is 28.0. The van der Waals surface area contributed by atoms with Gasteiger partial charge in [0.15, 0.2) is 0 Å². The normalized spacial score (nSPS) is 23.9. The number of rotatable bonds is 12. The highest BCUT2D eigenvalue weighted by atomic mass is 16.5. The lowest BCUT2D eigenvalue weighted by molar-refractivity contribution is -0.912. The lowest BCUT2D eigenvalue weighted by Crippen LogP contribution is -2.54. The number of hydrogen-bond acceptors (Lipinski definition) is 3. The Kier molecular flexibility index (Phi) is 10.6. The lowest BCUT2D eigenvalue weighted by Gasteiger charge is -2.40. The van der Waals surface area contributed by atoms with Gasteiger partial charge in [-0.05, 0) is 38.0 Å². The summed E-state index contributed by atoms with van der Waals surface area (Å²) >= 11 is 0. The number of amides is 2. The molecule has 1 aliphatic heterocycles. The van der Waals surface area contributed by atoms with Crippen molar-refractivity contribution in [3.05, 3.63) is 53.3 Å². The number of nitrogens with one attached hydrogen (secondary N) is 2. The van der Waals surface area contributed by atoms with Crippen LogP contribution >= 0.6 is 0 Å². The number of quaternary nitrogens is 1. The van der Waals surface area contributed by atoms with Gasteiger partial charge in [0.2, 0.25) is 5.91 Å². The van der Waals surface area contributed by atoms with E-state index < -0.39 is 0 Å². The van der Waals surface area contributed by atoms with Gasteiger partial charge < -0.3 is 19.9 Å². The number of likely N-dealkylation sites (tertiary alicyclic amines) is 1. The first-order valence-corrected chi connectivity index (χ1v) is 13.9. The second-order valence-electron chi connectivity index (χ2n) is 10.8. The van der Waals surface area contributed by atoms with Crippen LogP contribution in [0, 0.1) is 5.92 Å². The van der Waals surface area contributed by atoms with Crippen molar-refractivity contribution >= 4 is 11.8 Å². The van der Waals surface area contributed by atoms with E-state index in [2.05, 4.69) is 38.5 Å². The third-order valence-electron chi connectivity index (χ3n) is 7.84. The van der Waals surface area contributed by atoms with Crippen LogP contribution in [0.25, 0.3) is 0 Å². The van der Waals surface area contributed by atoms with Crippen LogP contribution in [0.1, 0.15) is 82.5 Å². The first-order valence-electron chi connectivity index (χ1n) is 13.9. The number of carbonyl (C=O) groups excluding carboxylic acids is 2. The maximum Gasteiger partial charge on any atom is 0.259 e. The zero-order valence-electron chi connectivity index (χ0n) is 22.8. The summed E-state index contributed by atoms with van der Waals surface area (Å²) in [4.78, 5) is 26.0. The van der Waals surface area contributed by atoms with Gasteiger partial charge in [-0.2, -0.15) is 0 Å². The molecule has 3 rings (SSSR count). The topological polar surface area (TPSA) is 67.4 Å². The molecule has 1 unspecified atom stereocenters. The van der Waals surface area contributed by atoms with Gasteiger partial charge >= 0.3 is 0 Å². The van der Waals surface area contributed by atoms with Gasteiger partial charge in [-0.3, -0.25) is 9.59 Å². The number of unbranched alkanes of at least 4 members (excludes halogenated alkanes) is 4. The van der Waals surface area contributed by atoms with Crippen molar-refractivity contribution in [2.75, 3.05) is 33.3 Å². The molecule has 2 amide bonds. The van der Waals surface area contributed by atoms with Crippen molar-refractivity contribution in [2.45, 2.75) is 78.2 Å². The molecule has 1 aliphatic carbocycles. The average molecular weight is 497 g/mol. The summed E-state index contributed by atoms with van der Waals surface area (Å²) in [5.74, 6) is 0.530. The molecule has 198 valence electrons. The van der Waals surface area contributed by atoms with Crippen molar-refractivity contribution in [1.29, 1.82) is 0 Å². The summed E-state index contributed by atoms with van der Waals surface area (Å²) in [7, 11) is 2.29. The van der Waals surface area contributed by atoms with Crippen LogP contribution in [0.2, 0.25) is 0 Å². The zero-order valence-corrected chi connectivity index (χ0v) is 22.8. The lowest BCUT2D eigenvalue weighted by atomic mass is 9.91. The van der Waals surface area contributed by atoms with Gasteiger partial charge in [-0.1, -0.05) is 57.7 Å². The molecule has 6 heteroatoms. The van der Waals surface area contributed by atoms with Gasteiger partial charge in [-0.15, -0.1) is 0 Å². The Morgan fingerprint density at radius 3 is 2.42 bits per heavy atom.